The maximum Gasteiger partial charge on any atom is 0.306 e. The van der Waals surface area contributed by atoms with Gasteiger partial charge >= 0.3 is 11.9 Å². The van der Waals surface area contributed by atoms with Crippen LogP contribution in [0.4, 0.5) is 0 Å². The Kier molecular flexibility index (Phi) is 6.04. The zero-order valence-corrected chi connectivity index (χ0v) is 18.9. The molecule has 0 heterocycles. The Balaban J connectivity index is 1.41. The minimum Gasteiger partial charge on any atom is -0.481 e. The predicted molar refractivity (Wildman–Crippen MR) is 113 cm³/mol. The molecule has 4 rings (SSSR count). The van der Waals surface area contributed by atoms with Gasteiger partial charge in [-0.05, 0) is 79.4 Å². The van der Waals surface area contributed by atoms with Gasteiger partial charge in [-0.1, -0.05) is 13.8 Å². The molecular formula is C25H36O6. The molecule has 172 valence electrons. The molecule has 0 amide bonds. The third-order valence-corrected chi connectivity index (χ3v) is 9.79. The third-order valence-electron chi connectivity index (χ3n) is 9.79. The quantitative estimate of drug-likeness (QED) is 0.632. The number of carboxylic acids is 1. The Hall–Kier alpha value is -1.72. The van der Waals surface area contributed by atoms with E-state index in [9.17, 15) is 19.2 Å². The average Bonchev–Trinajstić information content (AvgIpc) is 3.08. The molecule has 0 aliphatic heterocycles. The van der Waals surface area contributed by atoms with Crippen LogP contribution in [0.5, 0.6) is 0 Å². The summed E-state index contributed by atoms with van der Waals surface area (Å²) in [6.07, 6.45) is 8.41. The highest BCUT2D eigenvalue weighted by molar-refractivity contribution is 5.86. The van der Waals surface area contributed by atoms with Crippen LogP contribution in [0.25, 0.3) is 0 Å². The summed E-state index contributed by atoms with van der Waals surface area (Å²) in [6, 6.07) is 0. The number of aliphatic carboxylic acids is 1. The number of ether oxygens (including phenoxy) is 1. The van der Waals surface area contributed by atoms with Crippen molar-refractivity contribution >= 4 is 23.5 Å². The first kappa shape index (κ1) is 22.5. The van der Waals surface area contributed by atoms with E-state index in [4.69, 9.17) is 9.84 Å². The van der Waals surface area contributed by atoms with Gasteiger partial charge in [0.1, 0.15) is 12.4 Å². The highest BCUT2D eigenvalue weighted by atomic mass is 16.5. The topological polar surface area (TPSA) is 97.7 Å². The molecular weight excluding hydrogens is 396 g/mol. The number of Topliss-reactive ketones (excluding diaryl/α,β-unsaturated/α-hetero) is 2. The van der Waals surface area contributed by atoms with Crippen molar-refractivity contribution in [3.8, 4) is 0 Å². The minimum absolute atomic E-state index is 0.00437. The molecule has 0 radical (unpaired) electrons. The fraction of sp³-hybridized carbons (Fsp3) is 0.840. The lowest BCUT2D eigenvalue weighted by Crippen LogP contribution is -2.54. The van der Waals surface area contributed by atoms with Gasteiger partial charge in [0.25, 0.3) is 0 Å². The lowest BCUT2D eigenvalue weighted by atomic mass is 9.44. The van der Waals surface area contributed by atoms with E-state index >= 15 is 0 Å². The highest BCUT2D eigenvalue weighted by Gasteiger charge is 2.61. The standard InChI is InChI=1S/C25H36O6/c1-24-11-9-16(26)13-15(24)3-4-17-18-5-6-20(25(18,2)12-10-19(17)24)21(27)14-31-23(30)8-7-22(28)29/h15,17-20H,3-14H2,1-2H3,(H,28,29)/t15-,17-,18-,19-,20-,24-,25-/m0/s1. The van der Waals surface area contributed by atoms with Gasteiger partial charge in [-0.25, -0.2) is 0 Å². The van der Waals surface area contributed by atoms with Crippen molar-refractivity contribution in [2.75, 3.05) is 6.61 Å². The van der Waals surface area contributed by atoms with Gasteiger partial charge in [-0.2, -0.15) is 0 Å². The SMILES string of the molecule is C[C@]12CCC(=O)C[C@@H]1CC[C@@H]1[C@@H]2CC[C@]2(C)[C@H](C(=O)COC(=O)CCC(=O)O)CC[C@@H]12. The van der Waals surface area contributed by atoms with Crippen LogP contribution in [0.15, 0.2) is 0 Å². The second-order valence-corrected chi connectivity index (χ2v) is 11.1. The summed E-state index contributed by atoms with van der Waals surface area (Å²) in [5, 5.41) is 8.68. The molecule has 6 heteroatoms. The molecule has 0 bridgehead atoms. The maximum atomic E-state index is 13.0. The van der Waals surface area contributed by atoms with E-state index in [-0.39, 0.29) is 42.0 Å². The predicted octanol–water partition coefficient (Wildman–Crippen LogP) is 4.19. The number of carbonyl (C=O) groups excluding carboxylic acids is 3. The number of carboxylic acid groups (broad SMARTS) is 1. The van der Waals surface area contributed by atoms with Gasteiger partial charge in [0.15, 0.2) is 5.78 Å². The van der Waals surface area contributed by atoms with Crippen LogP contribution in [0, 0.1) is 40.4 Å². The van der Waals surface area contributed by atoms with Crippen molar-refractivity contribution in [3.05, 3.63) is 0 Å². The van der Waals surface area contributed by atoms with E-state index in [2.05, 4.69) is 13.8 Å². The number of rotatable bonds is 6. The van der Waals surface area contributed by atoms with Crippen LogP contribution in [-0.4, -0.2) is 35.2 Å². The van der Waals surface area contributed by atoms with E-state index in [0.717, 1.165) is 51.4 Å². The molecule has 1 N–H and O–H groups in total. The molecule has 4 saturated carbocycles. The van der Waals surface area contributed by atoms with Crippen LogP contribution in [-0.2, 0) is 23.9 Å². The van der Waals surface area contributed by atoms with Crippen molar-refractivity contribution < 1.29 is 29.0 Å². The second-order valence-electron chi connectivity index (χ2n) is 11.1. The minimum atomic E-state index is -1.04. The summed E-state index contributed by atoms with van der Waals surface area (Å²) >= 11 is 0. The number of carbonyl (C=O) groups is 4. The second kappa shape index (κ2) is 8.32. The van der Waals surface area contributed by atoms with Crippen LogP contribution in [0.2, 0.25) is 0 Å². The van der Waals surface area contributed by atoms with Gasteiger partial charge in [0.05, 0.1) is 12.8 Å². The smallest absolute Gasteiger partial charge is 0.306 e. The Morgan fingerprint density at radius 1 is 0.968 bits per heavy atom. The Morgan fingerprint density at radius 3 is 2.45 bits per heavy atom. The molecule has 0 aromatic rings. The zero-order chi connectivity index (χ0) is 22.4. The summed E-state index contributed by atoms with van der Waals surface area (Å²) in [7, 11) is 0. The largest absolute Gasteiger partial charge is 0.481 e. The normalized spacial score (nSPS) is 41.6. The van der Waals surface area contributed by atoms with Gasteiger partial charge < -0.3 is 9.84 Å². The zero-order valence-electron chi connectivity index (χ0n) is 18.9. The van der Waals surface area contributed by atoms with Gasteiger partial charge in [-0.3, -0.25) is 19.2 Å². The van der Waals surface area contributed by atoms with Crippen LogP contribution >= 0.6 is 0 Å². The Labute approximate surface area is 184 Å². The molecule has 4 aliphatic carbocycles. The fourth-order valence-corrected chi connectivity index (χ4v) is 8.11. The van der Waals surface area contributed by atoms with Gasteiger partial charge in [-0.15, -0.1) is 0 Å². The molecule has 0 unspecified atom stereocenters. The highest BCUT2D eigenvalue weighted by Crippen LogP contribution is 2.67. The lowest BCUT2D eigenvalue weighted by molar-refractivity contribution is -0.154. The Bertz CT molecular complexity index is 774. The van der Waals surface area contributed by atoms with Gasteiger partial charge in [0.2, 0.25) is 0 Å². The van der Waals surface area contributed by atoms with E-state index in [1.165, 1.54) is 6.42 Å². The molecule has 7 atom stereocenters. The molecule has 4 aliphatic rings. The van der Waals surface area contributed by atoms with E-state index in [1.807, 2.05) is 0 Å². The number of fused-ring (bicyclic) bond motifs is 5. The molecule has 0 saturated heterocycles. The number of esters is 1. The first-order chi connectivity index (χ1) is 14.6. The first-order valence-corrected chi connectivity index (χ1v) is 12.1. The van der Waals surface area contributed by atoms with E-state index in [0.29, 0.717) is 29.5 Å². The average molecular weight is 433 g/mol. The van der Waals surface area contributed by atoms with Crippen molar-refractivity contribution in [1.82, 2.24) is 0 Å². The molecule has 0 aromatic carbocycles. The molecule has 6 nitrogen and oxygen atoms in total. The first-order valence-electron chi connectivity index (χ1n) is 12.1. The van der Waals surface area contributed by atoms with Crippen molar-refractivity contribution in [2.45, 2.75) is 84.5 Å². The summed E-state index contributed by atoms with van der Waals surface area (Å²) in [5.41, 5.74) is 0.222. The Morgan fingerprint density at radius 2 is 1.71 bits per heavy atom. The van der Waals surface area contributed by atoms with Gasteiger partial charge in [0, 0.05) is 18.8 Å². The lowest BCUT2D eigenvalue weighted by Gasteiger charge is -2.60. The summed E-state index contributed by atoms with van der Waals surface area (Å²) in [5.74, 6) is 1.03. The van der Waals surface area contributed by atoms with E-state index < -0.39 is 11.9 Å². The van der Waals surface area contributed by atoms with Crippen molar-refractivity contribution in [2.24, 2.45) is 40.4 Å². The monoisotopic (exact) mass is 432 g/mol. The summed E-state index contributed by atoms with van der Waals surface area (Å²) in [4.78, 5) is 47.4. The van der Waals surface area contributed by atoms with Crippen LogP contribution < -0.4 is 0 Å². The fourth-order valence-electron chi connectivity index (χ4n) is 8.11. The molecule has 4 fully saturated rings. The molecule has 31 heavy (non-hydrogen) atoms. The summed E-state index contributed by atoms with van der Waals surface area (Å²) < 4.78 is 5.11. The van der Waals surface area contributed by atoms with Crippen LogP contribution in [0.3, 0.4) is 0 Å². The van der Waals surface area contributed by atoms with E-state index in [1.54, 1.807) is 0 Å². The number of hydrogen-bond donors (Lipinski definition) is 1. The van der Waals surface area contributed by atoms with Crippen molar-refractivity contribution in [3.63, 3.8) is 0 Å². The molecule has 0 spiro atoms. The number of hydrogen-bond acceptors (Lipinski definition) is 5. The van der Waals surface area contributed by atoms with Crippen LogP contribution in [0.1, 0.15) is 84.5 Å². The number of ketones is 2. The third kappa shape index (κ3) is 3.95. The summed E-state index contributed by atoms with van der Waals surface area (Å²) in [6.45, 7) is 4.47. The maximum absolute atomic E-state index is 13.0. The van der Waals surface area contributed by atoms with Crippen molar-refractivity contribution in [1.29, 1.82) is 0 Å². The molecule has 0 aromatic heterocycles.